The Morgan fingerprint density at radius 2 is 1.95 bits per heavy atom. The van der Waals surface area contributed by atoms with Crippen LogP contribution in [0, 0.1) is 17.8 Å². The van der Waals surface area contributed by atoms with Gasteiger partial charge in [-0.25, -0.2) is 8.42 Å². The monoisotopic (exact) mass is 594 g/mol. The van der Waals surface area contributed by atoms with Gasteiger partial charge in [0.25, 0.3) is 0 Å². The summed E-state index contributed by atoms with van der Waals surface area (Å²) in [6, 6.07) is 13.3. The molecular weight excluding hydrogens is 552 g/mol. The molecule has 0 aromatic heterocycles. The SMILES string of the molecule is CC(=O)Oc1ccc2c3c1O[C@H]1[C@H](N(CC(C)C)S(=O)(=O)Cc4ccccc4)CC[C@H]4[C@@H](C2)N(CC2CC2O)CC[C@@]341. The van der Waals surface area contributed by atoms with Gasteiger partial charge in [-0.05, 0) is 67.7 Å². The number of hydrogen-bond acceptors (Lipinski definition) is 7. The number of benzene rings is 2. The van der Waals surface area contributed by atoms with Gasteiger partial charge in [-0.15, -0.1) is 0 Å². The molecule has 1 spiro atoms. The zero-order chi connectivity index (χ0) is 29.4. The maximum Gasteiger partial charge on any atom is 0.308 e. The largest absolute Gasteiger partial charge is 0.484 e. The van der Waals surface area contributed by atoms with Crippen molar-refractivity contribution in [3.8, 4) is 11.5 Å². The van der Waals surface area contributed by atoms with Crippen molar-refractivity contribution < 1.29 is 27.8 Å². The van der Waals surface area contributed by atoms with Crippen LogP contribution in [0.1, 0.15) is 63.1 Å². The summed E-state index contributed by atoms with van der Waals surface area (Å²) in [7, 11) is -3.66. The number of likely N-dealkylation sites (tertiary alicyclic amines) is 1. The van der Waals surface area contributed by atoms with Gasteiger partial charge in [-0.2, -0.15) is 4.31 Å². The summed E-state index contributed by atoms with van der Waals surface area (Å²) in [4.78, 5) is 14.7. The van der Waals surface area contributed by atoms with Gasteiger partial charge >= 0.3 is 5.97 Å². The highest BCUT2D eigenvalue weighted by molar-refractivity contribution is 7.88. The Morgan fingerprint density at radius 1 is 1.19 bits per heavy atom. The Kier molecular flexibility index (Phi) is 6.96. The summed E-state index contributed by atoms with van der Waals surface area (Å²) in [6.45, 7) is 7.75. The van der Waals surface area contributed by atoms with Crippen molar-refractivity contribution in [2.24, 2.45) is 17.8 Å². The standard InChI is InChI=1S/C33H42N2O6S/c1-20(2)17-35(42(38,39)19-22-7-5-4-6-8-22)26-11-10-25-27-15-23-9-12-29(40-21(3)36)31-30(23)33(25,32(26)41-31)13-14-34(27)18-24-16-28(24)37/h4-9,12,20,24-28,32,37H,10-11,13-19H2,1-3H3/t24?,25-,26+,27+,28?,32-,33-/m0/s1. The van der Waals surface area contributed by atoms with E-state index in [1.54, 1.807) is 4.31 Å². The molecule has 226 valence electrons. The predicted octanol–water partition coefficient (Wildman–Crippen LogP) is 3.89. The number of hydrogen-bond donors (Lipinski definition) is 1. The number of nitrogens with zero attached hydrogens (tertiary/aromatic N) is 2. The van der Waals surface area contributed by atoms with Crippen molar-refractivity contribution in [3.05, 3.63) is 59.2 Å². The average Bonchev–Trinajstić information content (AvgIpc) is 3.51. The van der Waals surface area contributed by atoms with E-state index < -0.39 is 16.0 Å². The van der Waals surface area contributed by atoms with Gasteiger partial charge in [0.05, 0.1) is 17.9 Å². The van der Waals surface area contributed by atoms with Crippen molar-refractivity contribution >= 4 is 16.0 Å². The molecule has 7 rings (SSSR count). The Morgan fingerprint density at radius 3 is 2.64 bits per heavy atom. The van der Waals surface area contributed by atoms with Gasteiger partial charge in [0.2, 0.25) is 10.0 Å². The minimum atomic E-state index is -3.66. The Bertz CT molecular complexity index is 1480. The highest BCUT2D eigenvalue weighted by Gasteiger charge is 2.67. The molecular formula is C33H42N2O6S. The second-order valence-corrected chi connectivity index (χ2v) is 15.6. The summed E-state index contributed by atoms with van der Waals surface area (Å²) in [6.07, 6.45) is 3.71. The lowest BCUT2D eigenvalue weighted by atomic mass is 9.51. The zero-order valence-corrected chi connectivity index (χ0v) is 25.6. The molecule has 0 radical (unpaired) electrons. The number of ether oxygens (including phenoxy) is 2. The van der Waals surface area contributed by atoms with Crippen LogP contribution >= 0.6 is 0 Å². The fourth-order valence-corrected chi connectivity index (χ4v) is 10.7. The van der Waals surface area contributed by atoms with E-state index in [1.165, 1.54) is 12.5 Å². The van der Waals surface area contributed by atoms with E-state index in [-0.39, 0.29) is 35.3 Å². The summed E-state index contributed by atoms with van der Waals surface area (Å²) in [5.41, 5.74) is 2.80. The molecule has 2 aliphatic heterocycles. The number of piperidine rings is 1. The number of aliphatic hydroxyl groups is 1. The summed E-state index contributed by atoms with van der Waals surface area (Å²) in [5.74, 6) is 1.44. The molecule has 8 nitrogen and oxygen atoms in total. The molecule has 3 fully saturated rings. The molecule has 5 aliphatic rings. The van der Waals surface area contributed by atoms with E-state index in [9.17, 15) is 18.3 Å². The maximum atomic E-state index is 14.2. The van der Waals surface area contributed by atoms with E-state index in [0.717, 1.165) is 56.3 Å². The lowest BCUT2D eigenvalue weighted by Gasteiger charge is -2.60. The average molecular weight is 595 g/mol. The first-order chi connectivity index (χ1) is 20.1. The Hall–Kier alpha value is -2.46. The topological polar surface area (TPSA) is 96.4 Å². The highest BCUT2D eigenvalue weighted by Crippen LogP contribution is 2.64. The fraction of sp³-hybridized carbons (Fsp3) is 0.606. The van der Waals surface area contributed by atoms with Crippen LogP contribution in [0.3, 0.4) is 0 Å². The molecule has 7 atom stereocenters. The summed E-state index contributed by atoms with van der Waals surface area (Å²) < 4.78 is 42.8. The number of aliphatic hydroxyl groups excluding tert-OH is 1. The van der Waals surface area contributed by atoms with Gasteiger partial charge in [0.1, 0.15) is 6.10 Å². The summed E-state index contributed by atoms with van der Waals surface area (Å²) >= 11 is 0. The summed E-state index contributed by atoms with van der Waals surface area (Å²) in [5, 5.41) is 10.1. The van der Waals surface area contributed by atoms with Crippen LogP contribution in [0.15, 0.2) is 42.5 Å². The first-order valence-corrected chi connectivity index (χ1v) is 17.2. The van der Waals surface area contributed by atoms with Crippen LogP contribution in [-0.2, 0) is 32.4 Å². The molecule has 2 aromatic rings. The zero-order valence-electron chi connectivity index (χ0n) is 24.7. The first-order valence-electron chi connectivity index (χ1n) is 15.6. The maximum absolute atomic E-state index is 14.2. The molecule has 9 heteroatoms. The molecule has 2 aromatic carbocycles. The van der Waals surface area contributed by atoms with E-state index in [0.29, 0.717) is 35.9 Å². The van der Waals surface area contributed by atoms with E-state index in [4.69, 9.17) is 9.47 Å². The van der Waals surface area contributed by atoms with Crippen LogP contribution in [0.2, 0.25) is 0 Å². The van der Waals surface area contributed by atoms with Crippen LogP contribution in [0.25, 0.3) is 0 Å². The molecule has 42 heavy (non-hydrogen) atoms. The smallest absolute Gasteiger partial charge is 0.308 e. The Labute approximate surface area is 249 Å². The number of esters is 1. The minimum Gasteiger partial charge on any atom is -0.484 e. The van der Waals surface area contributed by atoms with Gasteiger partial charge < -0.3 is 14.6 Å². The lowest BCUT2D eigenvalue weighted by Crippen LogP contribution is -2.69. The van der Waals surface area contributed by atoms with Crippen molar-refractivity contribution in [3.63, 3.8) is 0 Å². The number of carbonyl (C=O) groups is 1. The second-order valence-electron chi connectivity index (χ2n) is 13.6. The molecule has 2 bridgehead atoms. The second kappa shape index (κ2) is 10.3. The third-order valence-corrected chi connectivity index (χ3v) is 12.3. The van der Waals surface area contributed by atoms with Crippen molar-refractivity contribution in [1.29, 1.82) is 0 Å². The number of sulfonamides is 1. The van der Waals surface area contributed by atoms with Crippen LogP contribution in [-0.4, -0.2) is 72.6 Å². The molecule has 2 heterocycles. The van der Waals surface area contributed by atoms with E-state index in [2.05, 4.69) is 24.8 Å². The van der Waals surface area contributed by atoms with Crippen molar-refractivity contribution in [2.45, 2.75) is 88.3 Å². The number of rotatable bonds is 9. The van der Waals surface area contributed by atoms with E-state index >= 15 is 0 Å². The minimum absolute atomic E-state index is 0.0444. The first kappa shape index (κ1) is 28.3. The third kappa shape index (κ3) is 4.59. The third-order valence-electron chi connectivity index (χ3n) is 10.5. The van der Waals surface area contributed by atoms with Crippen molar-refractivity contribution in [1.82, 2.24) is 9.21 Å². The van der Waals surface area contributed by atoms with Gasteiger partial charge in [-0.3, -0.25) is 9.69 Å². The molecule has 3 aliphatic carbocycles. The Balaban J connectivity index is 1.31. The van der Waals surface area contributed by atoms with Crippen LogP contribution < -0.4 is 9.47 Å². The molecule has 2 saturated carbocycles. The quantitative estimate of drug-likeness (QED) is 0.348. The molecule has 2 unspecified atom stereocenters. The van der Waals surface area contributed by atoms with Crippen LogP contribution in [0.4, 0.5) is 0 Å². The highest BCUT2D eigenvalue weighted by atomic mass is 32.2. The predicted molar refractivity (Wildman–Crippen MR) is 159 cm³/mol. The number of carbonyl (C=O) groups excluding carboxylic acids is 1. The van der Waals surface area contributed by atoms with Gasteiger partial charge in [-0.1, -0.05) is 50.2 Å². The lowest BCUT2D eigenvalue weighted by molar-refractivity contribution is -0.132. The molecule has 1 saturated heterocycles. The normalized spacial score (nSPS) is 32.9. The molecule has 1 N–H and O–H groups in total. The van der Waals surface area contributed by atoms with Gasteiger partial charge in [0.15, 0.2) is 11.5 Å². The van der Waals surface area contributed by atoms with Crippen LogP contribution in [0.5, 0.6) is 11.5 Å². The van der Waals surface area contributed by atoms with Gasteiger partial charge in [0, 0.05) is 43.0 Å². The molecule has 0 amide bonds. The van der Waals surface area contributed by atoms with E-state index in [1.807, 2.05) is 36.4 Å². The fourth-order valence-electron chi connectivity index (χ4n) is 8.76. The van der Waals surface area contributed by atoms with Crippen molar-refractivity contribution in [2.75, 3.05) is 19.6 Å².